The number of rotatable bonds is 6. The molecule has 21 heavy (non-hydrogen) atoms. The Hall–Kier alpha value is -0.980. The molecule has 0 saturated heterocycles. The van der Waals surface area contributed by atoms with Gasteiger partial charge in [0.2, 0.25) is 0 Å². The van der Waals surface area contributed by atoms with Gasteiger partial charge in [-0.3, -0.25) is 4.98 Å². The van der Waals surface area contributed by atoms with Crippen LogP contribution in [0.4, 0.5) is 0 Å². The summed E-state index contributed by atoms with van der Waals surface area (Å²) in [6.45, 7) is 0.455. The van der Waals surface area contributed by atoms with Gasteiger partial charge in [0.25, 0.3) is 10.2 Å². The summed E-state index contributed by atoms with van der Waals surface area (Å²) in [6, 6.07) is 5.86. The average Bonchev–Trinajstić information content (AvgIpc) is 2.53. The van der Waals surface area contributed by atoms with Crippen LogP contribution in [0.15, 0.2) is 24.4 Å². The van der Waals surface area contributed by atoms with Crippen LogP contribution in [0.1, 0.15) is 37.8 Å². The fourth-order valence-electron chi connectivity index (χ4n) is 2.79. The molecule has 2 rings (SSSR count). The van der Waals surface area contributed by atoms with Gasteiger partial charge in [-0.2, -0.15) is 17.0 Å². The molecule has 5 nitrogen and oxygen atoms in total. The molecule has 1 fully saturated rings. The van der Waals surface area contributed by atoms with Crippen molar-refractivity contribution in [1.29, 1.82) is 0 Å². The first-order valence-corrected chi connectivity index (χ1v) is 9.00. The molecule has 0 amide bonds. The van der Waals surface area contributed by atoms with Crippen molar-refractivity contribution in [3.05, 3.63) is 30.1 Å². The van der Waals surface area contributed by atoms with E-state index in [0.717, 1.165) is 31.4 Å². The van der Waals surface area contributed by atoms with Gasteiger partial charge in [0.05, 0.1) is 0 Å². The summed E-state index contributed by atoms with van der Waals surface area (Å²) in [6.07, 6.45) is 7.80. The molecule has 0 aromatic carbocycles. The average molecular weight is 311 g/mol. The predicted octanol–water partition coefficient (Wildman–Crippen LogP) is 2.07. The molecule has 0 radical (unpaired) electrons. The summed E-state index contributed by atoms with van der Waals surface area (Å²) < 4.78 is 28.2. The van der Waals surface area contributed by atoms with Gasteiger partial charge < -0.3 is 0 Å². The minimum absolute atomic E-state index is 0.154. The number of likely N-dealkylation sites (N-methyl/N-ethyl adjacent to an activating group) is 1. The fourth-order valence-corrected chi connectivity index (χ4v) is 4.14. The molecule has 0 N–H and O–H groups in total. The molecule has 0 unspecified atom stereocenters. The molecule has 0 atom stereocenters. The predicted molar refractivity (Wildman–Crippen MR) is 84.1 cm³/mol. The quantitative estimate of drug-likeness (QED) is 0.808. The Bertz CT molecular complexity index is 527. The Balaban J connectivity index is 1.94. The Labute approximate surface area is 128 Å². The standard InChI is InChI=1S/C15H25N3O2S/c1-17(13-11-14-8-6-7-12-16-14)21(19,20)18(2)15-9-4-3-5-10-15/h6-8,12,15H,3-5,9-11,13H2,1-2H3. The lowest BCUT2D eigenvalue weighted by Gasteiger charge is -2.33. The molecule has 6 heteroatoms. The largest absolute Gasteiger partial charge is 0.281 e. The van der Waals surface area contributed by atoms with Crippen LogP contribution in [0.25, 0.3) is 0 Å². The fraction of sp³-hybridized carbons (Fsp3) is 0.667. The molecule has 118 valence electrons. The van der Waals surface area contributed by atoms with Crippen molar-refractivity contribution in [3.8, 4) is 0 Å². The van der Waals surface area contributed by atoms with Crippen molar-refractivity contribution >= 4 is 10.2 Å². The molecule has 1 aromatic rings. The molecule has 1 aliphatic rings. The van der Waals surface area contributed by atoms with Gasteiger partial charge in [-0.05, 0) is 25.0 Å². The molecule has 1 aliphatic carbocycles. The van der Waals surface area contributed by atoms with Crippen LogP contribution in [0.3, 0.4) is 0 Å². The number of hydrogen-bond acceptors (Lipinski definition) is 3. The van der Waals surface area contributed by atoms with Gasteiger partial charge >= 0.3 is 0 Å². The first-order chi connectivity index (χ1) is 10.0. The molecule has 1 saturated carbocycles. The molecular weight excluding hydrogens is 286 g/mol. The van der Waals surface area contributed by atoms with E-state index < -0.39 is 10.2 Å². The third-order valence-corrected chi connectivity index (χ3v) is 6.25. The van der Waals surface area contributed by atoms with Crippen molar-refractivity contribution in [3.63, 3.8) is 0 Å². The summed E-state index contributed by atoms with van der Waals surface area (Å²) in [5, 5.41) is 0. The number of hydrogen-bond donors (Lipinski definition) is 0. The summed E-state index contributed by atoms with van der Waals surface area (Å²) in [7, 11) is -0.00858. The first-order valence-electron chi connectivity index (χ1n) is 7.61. The zero-order chi connectivity index (χ0) is 15.3. The molecule has 0 spiro atoms. The van der Waals surface area contributed by atoms with Crippen LogP contribution < -0.4 is 0 Å². The lowest BCUT2D eigenvalue weighted by molar-refractivity contribution is 0.269. The van der Waals surface area contributed by atoms with E-state index in [-0.39, 0.29) is 6.04 Å². The van der Waals surface area contributed by atoms with Gasteiger partial charge in [-0.1, -0.05) is 25.3 Å². The highest BCUT2D eigenvalue weighted by molar-refractivity contribution is 7.86. The second-order valence-electron chi connectivity index (χ2n) is 5.71. The zero-order valence-corrected chi connectivity index (χ0v) is 13.7. The minimum atomic E-state index is -3.37. The molecule has 1 aromatic heterocycles. The van der Waals surface area contributed by atoms with Crippen LogP contribution in [0, 0.1) is 0 Å². The van der Waals surface area contributed by atoms with Crippen LogP contribution in [0.2, 0.25) is 0 Å². The van der Waals surface area contributed by atoms with Crippen molar-refractivity contribution in [2.45, 2.75) is 44.6 Å². The highest BCUT2D eigenvalue weighted by atomic mass is 32.2. The van der Waals surface area contributed by atoms with Gasteiger partial charge in [-0.15, -0.1) is 0 Å². The second kappa shape index (κ2) is 7.33. The Morgan fingerprint density at radius 2 is 1.90 bits per heavy atom. The van der Waals surface area contributed by atoms with E-state index in [1.807, 2.05) is 18.2 Å². The third kappa shape index (κ3) is 4.25. The summed E-state index contributed by atoms with van der Waals surface area (Å²) >= 11 is 0. The molecule has 0 aliphatic heterocycles. The third-order valence-electron chi connectivity index (χ3n) is 4.26. The van der Waals surface area contributed by atoms with Gasteiger partial charge in [-0.25, -0.2) is 0 Å². The van der Waals surface area contributed by atoms with Crippen LogP contribution in [0.5, 0.6) is 0 Å². The van der Waals surface area contributed by atoms with Crippen molar-refractivity contribution in [2.24, 2.45) is 0 Å². The number of nitrogens with zero attached hydrogens (tertiary/aromatic N) is 3. The summed E-state index contributed by atoms with van der Waals surface area (Å²) in [5.74, 6) is 0. The highest BCUT2D eigenvalue weighted by Crippen LogP contribution is 2.24. The monoisotopic (exact) mass is 311 g/mol. The van der Waals surface area contributed by atoms with Crippen molar-refractivity contribution in [1.82, 2.24) is 13.6 Å². The van der Waals surface area contributed by atoms with Gasteiger partial charge in [0, 0.05) is 45.0 Å². The maximum atomic E-state index is 12.6. The van der Waals surface area contributed by atoms with E-state index in [0.29, 0.717) is 13.0 Å². The minimum Gasteiger partial charge on any atom is -0.261 e. The maximum absolute atomic E-state index is 12.6. The second-order valence-corrected chi connectivity index (χ2v) is 7.80. The van der Waals surface area contributed by atoms with E-state index in [9.17, 15) is 8.42 Å². The summed E-state index contributed by atoms with van der Waals surface area (Å²) in [4.78, 5) is 4.23. The van der Waals surface area contributed by atoms with Crippen LogP contribution in [-0.4, -0.2) is 48.7 Å². The Morgan fingerprint density at radius 1 is 1.19 bits per heavy atom. The molecule has 1 heterocycles. The topological polar surface area (TPSA) is 53.5 Å². The zero-order valence-electron chi connectivity index (χ0n) is 12.9. The van der Waals surface area contributed by atoms with Crippen molar-refractivity contribution < 1.29 is 8.42 Å². The smallest absolute Gasteiger partial charge is 0.261 e. The SMILES string of the molecule is CN(CCc1ccccn1)S(=O)(=O)N(C)C1CCCCC1. The van der Waals surface area contributed by atoms with E-state index in [4.69, 9.17) is 0 Å². The normalized spacial score (nSPS) is 17.5. The lowest BCUT2D eigenvalue weighted by atomic mass is 9.96. The van der Waals surface area contributed by atoms with E-state index in [2.05, 4.69) is 4.98 Å². The van der Waals surface area contributed by atoms with Gasteiger partial charge in [0.1, 0.15) is 0 Å². The van der Waals surface area contributed by atoms with Crippen LogP contribution in [-0.2, 0) is 16.6 Å². The van der Waals surface area contributed by atoms with E-state index in [1.54, 1.807) is 24.6 Å². The van der Waals surface area contributed by atoms with Crippen LogP contribution >= 0.6 is 0 Å². The van der Waals surface area contributed by atoms with E-state index >= 15 is 0 Å². The number of pyridine rings is 1. The summed E-state index contributed by atoms with van der Waals surface area (Å²) in [5.41, 5.74) is 0.917. The molecule has 0 bridgehead atoms. The van der Waals surface area contributed by atoms with E-state index in [1.165, 1.54) is 10.7 Å². The lowest BCUT2D eigenvalue weighted by Crippen LogP contribution is -2.46. The Kier molecular flexibility index (Phi) is 5.72. The molecular formula is C15H25N3O2S. The maximum Gasteiger partial charge on any atom is 0.281 e. The van der Waals surface area contributed by atoms with Gasteiger partial charge in [0.15, 0.2) is 0 Å². The highest BCUT2D eigenvalue weighted by Gasteiger charge is 2.30. The Morgan fingerprint density at radius 3 is 2.52 bits per heavy atom. The first kappa shape index (κ1) is 16.4. The number of aromatic nitrogens is 1. The van der Waals surface area contributed by atoms with Crippen molar-refractivity contribution in [2.75, 3.05) is 20.6 Å².